The Balaban J connectivity index is 2.13. The van der Waals surface area contributed by atoms with Gasteiger partial charge in [-0.05, 0) is 25.8 Å². The first kappa shape index (κ1) is 16.3. The fourth-order valence-electron chi connectivity index (χ4n) is 3.58. The number of aryl methyl sites for hydroxylation is 1. The van der Waals surface area contributed by atoms with Crippen molar-refractivity contribution in [3.05, 3.63) is 11.9 Å². The van der Waals surface area contributed by atoms with Gasteiger partial charge < -0.3 is 10.1 Å². The summed E-state index contributed by atoms with van der Waals surface area (Å²) in [6.45, 7) is 3.15. The number of hydrogen-bond donors (Lipinski definition) is 1. The molecule has 1 heterocycles. The molecule has 0 spiro atoms. The fourth-order valence-corrected chi connectivity index (χ4v) is 3.58. The van der Waals surface area contributed by atoms with E-state index in [9.17, 15) is 0 Å². The van der Waals surface area contributed by atoms with E-state index in [-0.39, 0.29) is 0 Å². The Kier molecular flexibility index (Phi) is 6.55. The van der Waals surface area contributed by atoms with Crippen molar-refractivity contribution >= 4 is 0 Å². The highest BCUT2D eigenvalue weighted by Gasteiger charge is 2.24. The molecule has 1 aromatic rings. The summed E-state index contributed by atoms with van der Waals surface area (Å²) in [6, 6.07) is 0.345. The van der Waals surface area contributed by atoms with Crippen molar-refractivity contribution in [2.24, 2.45) is 5.92 Å². The summed E-state index contributed by atoms with van der Waals surface area (Å²) in [5.74, 6) is 1.76. The van der Waals surface area contributed by atoms with E-state index in [1.54, 1.807) is 7.11 Å². The summed E-state index contributed by atoms with van der Waals surface area (Å²) >= 11 is 0. The number of methoxy groups -OCH3 is 1. The zero-order chi connectivity index (χ0) is 15.1. The van der Waals surface area contributed by atoms with Gasteiger partial charge >= 0.3 is 0 Å². The largest absolute Gasteiger partial charge is 0.493 e. The van der Waals surface area contributed by atoms with E-state index in [0.29, 0.717) is 6.04 Å². The van der Waals surface area contributed by atoms with Crippen LogP contribution in [0, 0.1) is 5.92 Å². The number of nitrogens with zero attached hydrogens (tertiary/aromatic N) is 2. The number of rotatable bonds is 7. The van der Waals surface area contributed by atoms with Crippen molar-refractivity contribution < 1.29 is 4.74 Å². The first-order valence-corrected chi connectivity index (χ1v) is 8.57. The lowest BCUT2D eigenvalue weighted by Gasteiger charge is -2.24. The highest BCUT2D eigenvalue weighted by Crippen LogP contribution is 2.34. The van der Waals surface area contributed by atoms with E-state index >= 15 is 0 Å². The molecule has 1 N–H and O–H groups in total. The zero-order valence-electron chi connectivity index (χ0n) is 13.9. The number of aromatic nitrogens is 2. The minimum absolute atomic E-state index is 0.345. The molecule has 0 bridgehead atoms. The standard InChI is InChI=1S/C17H31N3O/c1-4-11-20-17(16(21-3)13-19-20)15(18-2)12-14-9-7-5-6-8-10-14/h13-15,18H,4-12H2,1-3H3. The van der Waals surface area contributed by atoms with Crippen LogP contribution in [0.1, 0.15) is 70.0 Å². The van der Waals surface area contributed by atoms with Gasteiger partial charge in [0.25, 0.3) is 0 Å². The summed E-state index contributed by atoms with van der Waals surface area (Å²) < 4.78 is 7.67. The molecule has 1 aliphatic rings. The molecule has 21 heavy (non-hydrogen) atoms. The van der Waals surface area contributed by atoms with Gasteiger partial charge in [-0.2, -0.15) is 5.10 Å². The first-order chi connectivity index (χ1) is 10.3. The zero-order valence-corrected chi connectivity index (χ0v) is 13.9. The van der Waals surface area contributed by atoms with Crippen molar-refractivity contribution in [2.75, 3.05) is 14.2 Å². The molecule has 1 fully saturated rings. The fraction of sp³-hybridized carbons (Fsp3) is 0.824. The third-order valence-electron chi connectivity index (χ3n) is 4.72. The SMILES string of the molecule is CCCn1ncc(OC)c1C(CC1CCCCCC1)NC. The second kappa shape index (κ2) is 8.42. The molecule has 1 aromatic heterocycles. The molecule has 1 unspecified atom stereocenters. The average Bonchev–Trinajstić information content (AvgIpc) is 2.72. The normalized spacial score (nSPS) is 18.4. The van der Waals surface area contributed by atoms with Gasteiger partial charge in [0.1, 0.15) is 0 Å². The van der Waals surface area contributed by atoms with Gasteiger partial charge in [0.15, 0.2) is 5.75 Å². The minimum Gasteiger partial charge on any atom is -0.493 e. The van der Waals surface area contributed by atoms with Crippen molar-refractivity contribution in [3.8, 4) is 5.75 Å². The number of ether oxygens (including phenoxy) is 1. The molecule has 0 aliphatic heterocycles. The molecule has 1 atom stereocenters. The Hall–Kier alpha value is -1.03. The van der Waals surface area contributed by atoms with Gasteiger partial charge in [-0.25, -0.2) is 0 Å². The van der Waals surface area contributed by atoms with Gasteiger partial charge in [-0.15, -0.1) is 0 Å². The maximum Gasteiger partial charge on any atom is 0.161 e. The van der Waals surface area contributed by atoms with E-state index in [4.69, 9.17) is 4.74 Å². The molecule has 0 radical (unpaired) electrons. The van der Waals surface area contributed by atoms with Gasteiger partial charge in [0, 0.05) is 6.54 Å². The van der Waals surface area contributed by atoms with E-state index in [1.807, 2.05) is 6.20 Å². The van der Waals surface area contributed by atoms with Crippen LogP contribution in [0.25, 0.3) is 0 Å². The Morgan fingerprint density at radius 1 is 1.33 bits per heavy atom. The van der Waals surface area contributed by atoms with Crippen molar-refractivity contribution in [1.82, 2.24) is 15.1 Å². The van der Waals surface area contributed by atoms with Crippen molar-refractivity contribution in [3.63, 3.8) is 0 Å². The van der Waals surface area contributed by atoms with E-state index < -0.39 is 0 Å². The van der Waals surface area contributed by atoms with Gasteiger partial charge in [-0.3, -0.25) is 4.68 Å². The van der Waals surface area contributed by atoms with Crippen LogP contribution < -0.4 is 10.1 Å². The Morgan fingerprint density at radius 3 is 2.62 bits per heavy atom. The van der Waals surface area contributed by atoms with Crippen molar-refractivity contribution in [1.29, 1.82) is 0 Å². The van der Waals surface area contributed by atoms with Crippen LogP contribution >= 0.6 is 0 Å². The summed E-state index contributed by atoms with van der Waals surface area (Å²) in [4.78, 5) is 0. The molecule has 1 saturated carbocycles. The minimum atomic E-state index is 0.345. The van der Waals surface area contributed by atoms with Crippen LogP contribution in [-0.4, -0.2) is 23.9 Å². The van der Waals surface area contributed by atoms with Gasteiger partial charge in [0.2, 0.25) is 0 Å². The van der Waals surface area contributed by atoms with Crippen molar-refractivity contribution in [2.45, 2.75) is 70.9 Å². The monoisotopic (exact) mass is 293 g/mol. The van der Waals surface area contributed by atoms with Crippen LogP contribution in [-0.2, 0) is 6.54 Å². The molecule has 0 amide bonds. The highest BCUT2D eigenvalue weighted by atomic mass is 16.5. The first-order valence-electron chi connectivity index (χ1n) is 8.57. The lowest BCUT2D eigenvalue weighted by atomic mass is 9.91. The molecule has 0 saturated heterocycles. The number of hydrogen-bond acceptors (Lipinski definition) is 3. The smallest absolute Gasteiger partial charge is 0.161 e. The molecule has 4 heteroatoms. The summed E-state index contributed by atoms with van der Waals surface area (Å²) in [6.07, 6.45) is 12.5. The van der Waals surface area contributed by atoms with E-state index in [0.717, 1.165) is 24.6 Å². The molecule has 1 aliphatic carbocycles. The average molecular weight is 293 g/mol. The van der Waals surface area contributed by atoms with E-state index in [1.165, 1.54) is 50.6 Å². The van der Waals surface area contributed by atoms with Crippen LogP contribution in [0.2, 0.25) is 0 Å². The quantitative estimate of drug-likeness (QED) is 0.774. The van der Waals surface area contributed by atoms with Crippen LogP contribution in [0.3, 0.4) is 0 Å². The lowest BCUT2D eigenvalue weighted by Crippen LogP contribution is -2.24. The third kappa shape index (κ3) is 4.22. The van der Waals surface area contributed by atoms with Crippen LogP contribution in [0.5, 0.6) is 5.75 Å². The maximum atomic E-state index is 5.55. The Labute approximate surface area is 129 Å². The second-order valence-corrected chi connectivity index (χ2v) is 6.26. The molecule has 4 nitrogen and oxygen atoms in total. The summed E-state index contributed by atoms with van der Waals surface area (Å²) in [5.41, 5.74) is 1.23. The maximum absolute atomic E-state index is 5.55. The number of nitrogens with one attached hydrogen (secondary N) is 1. The topological polar surface area (TPSA) is 39.1 Å². The highest BCUT2D eigenvalue weighted by molar-refractivity contribution is 5.28. The van der Waals surface area contributed by atoms with Crippen LogP contribution in [0.4, 0.5) is 0 Å². The molecule has 2 rings (SSSR count). The van der Waals surface area contributed by atoms with E-state index in [2.05, 4.69) is 29.1 Å². The predicted molar refractivity (Wildman–Crippen MR) is 86.7 cm³/mol. The van der Waals surface area contributed by atoms with Gasteiger partial charge in [0.05, 0.1) is 25.0 Å². The molecule has 120 valence electrons. The lowest BCUT2D eigenvalue weighted by molar-refractivity contribution is 0.339. The second-order valence-electron chi connectivity index (χ2n) is 6.26. The van der Waals surface area contributed by atoms with Gasteiger partial charge in [-0.1, -0.05) is 45.4 Å². The predicted octanol–water partition coefficient (Wildman–Crippen LogP) is 3.92. The third-order valence-corrected chi connectivity index (χ3v) is 4.72. The Bertz CT molecular complexity index is 408. The molecular weight excluding hydrogens is 262 g/mol. The summed E-state index contributed by atoms with van der Waals surface area (Å²) in [5, 5.41) is 8.01. The molecular formula is C17H31N3O. The molecule has 0 aromatic carbocycles. The van der Waals surface area contributed by atoms with Crippen LogP contribution in [0.15, 0.2) is 6.20 Å². The summed E-state index contributed by atoms with van der Waals surface area (Å²) in [7, 11) is 3.80. The Morgan fingerprint density at radius 2 is 2.05 bits per heavy atom.